The van der Waals surface area contributed by atoms with Gasteiger partial charge in [0, 0.05) is 11.6 Å². The topological polar surface area (TPSA) is 87.1 Å². The highest BCUT2D eigenvalue weighted by Crippen LogP contribution is 2.42. The summed E-state index contributed by atoms with van der Waals surface area (Å²) in [5, 5.41) is 9.95. The van der Waals surface area contributed by atoms with Crippen LogP contribution in [-0.2, 0) is 23.2 Å². The maximum Gasteiger partial charge on any atom is 0.446 e. The van der Waals surface area contributed by atoms with Gasteiger partial charge in [-0.3, -0.25) is 9.45 Å². The molecule has 3 rings (SSSR count). The molecule has 0 saturated carbocycles. The molecule has 2 N–H and O–H groups in total. The van der Waals surface area contributed by atoms with Crippen LogP contribution in [0.25, 0.3) is 0 Å². The summed E-state index contributed by atoms with van der Waals surface area (Å²) in [6.45, 7) is 4.36. The first-order chi connectivity index (χ1) is 10.9. The number of benzene rings is 1. The molecule has 2 unspecified atom stereocenters. The second-order valence-electron chi connectivity index (χ2n) is 6.48. The molecule has 128 valence electrons. The van der Waals surface area contributed by atoms with E-state index in [0.29, 0.717) is 23.9 Å². The molecule has 0 aromatic heterocycles. The summed E-state index contributed by atoms with van der Waals surface area (Å²) in [6.07, 6.45) is 4.82. The molecule has 6 nitrogen and oxygen atoms in total. The van der Waals surface area contributed by atoms with Gasteiger partial charge in [0.25, 0.3) is 0 Å². The van der Waals surface area contributed by atoms with E-state index in [4.69, 9.17) is 4.55 Å². The Morgan fingerprint density at radius 3 is 2.83 bits per heavy atom. The first-order valence-electron chi connectivity index (χ1n) is 8.13. The highest BCUT2D eigenvalue weighted by molar-refractivity contribution is 7.81. The number of aromatic hydroxyl groups is 1. The number of phenols is 1. The van der Waals surface area contributed by atoms with E-state index in [1.54, 1.807) is 0 Å². The molecule has 1 saturated heterocycles. The van der Waals surface area contributed by atoms with Gasteiger partial charge >= 0.3 is 10.4 Å². The zero-order valence-corrected chi connectivity index (χ0v) is 14.1. The van der Waals surface area contributed by atoms with Gasteiger partial charge in [-0.2, -0.15) is 8.42 Å². The summed E-state index contributed by atoms with van der Waals surface area (Å²) in [4.78, 5) is 2.52. The molecule has 0 bridgehead atoms. The number of rotatable bonds is 4. The van der Waals surface area contributed by atoms with Crippen LogP contribution in [0.1, 0.15) is 37.3 Å². The fourth-order valence-corrected chi connectivity index (χ4v) is 4.47. The van der Waals surface area contributed by atoms with E-state index in [-0.39, 0.29) is 11.5 Å². The van der Waals surface area contributed by atoms with Crippen LogP contribution >= 0.6 is 0 Å². The van der Waals surface area contributed by atoms with Gasteiger partial charge in [0.1, 0.15) is 0 Å². The summed E-state index contributed by atoms with van der Waals surface area (Å²) >= 11 is 0. The molecule has 1 aromatic carbocycles. The monoisotopic (exact) mass is 341 g/mol. The van der Waals surface area contributed by atoms with Crippen molar-refractivity contribution in [3.63, 3.8) is 0 Å². The first-order valence-corrected chi connectivity index (χ1v) is 9.50. The number of phenolic OH excluding ortho intramolecular Hbond substituents is 1. The van der Waals surface area contributed by atoms with E-state index in [9.17, 15) is 13.5 Å². The van der Waals surface area contributed by atoms with Gasteiger partial charge in [0.05, 0.1) is 0 Å². The van der Waals surface area contributed by atoms with Gasteiger partial charge in [0.15, 0.2) is 11.5 Å². The Morgan fingerprint density at radius 2 is 2.13 bits per heavy atom. The van der Waals surface area contributed by atoms with E-state index in [2.05, 4.69) is 16.0 Å². The Morgan fingerprint density at radius 1 is 1.35 bits per heavy atom. The van der Waals surface area contributed by atoms with Gasteiger partial charge in [-0.05, 0) is 62.7 Å². The summed E-state index contributed by atoms with van der Waals surface area (Å²) < 4.78 is 35.8. The molecule has 1 aliphatic carbocycles. The number of hydrogen-bond donors (Lipinski definition) is 2. The van der Waals surface area contributed by atoms with Gasteiger partial charge < -0.3 is 9.29 Å². The van der Waals surface area contributed by atoms with E-state index in [1.807, 2.05) is 6.07 Å². The second-order valence-corrected chi connectivity index (χ2v) is 7.50. The van der Waals surface area contributed by atoms with Crippen LogP contribution in [-0.4, -0.2) is 42.1 Å². The van der Waals surface area contributed by atoms with Gasteiger partial charge in [-0.25, -0.2) is 0 Å². The highest BCUT2D eigenvalue weighted by Gasteiger charge is 2.37. The Bertz CT molecular complexity index is 686. The molecule has 23 heavy (non-hydrogen) atoms. The van der Waals surface area contributed by atoms with Crippen LogP contribution < -0.4 is 4.18 Å². The molecule has 0 amide bonds. The molecule has 7 heteroatoms. The molecule has 1 aromatic rings. The van der Waals surface area contributed by atoms with Crippen molar-refractivity contribution in [1.29, 1.82) is 0 Å². The van der Waals surface area contributed by atoms with Crippen molar-refractivity contribution in [2.45, 2.75) is 45.1 Å². The van der Waals surface area contributed by atoms with Crippen molar-refractivity contribution in [2.75, 3.05) is 13.1 Å². The van der Waals surface area contributed by atoms with Crippen molar-refractivity contribution >= 4 is 10.4 Å². The molecular formula is C16H23NO5S. The lowest BCUT2D eigenvalue weighted by Crippen LogP contribution is -2.49. The van der Waals surface area contributed by atoms with Gasteiger partial charge in [-0.15, -0.1) is 0 Å². The standard InChI is InChI=1S/C16H23NO5S/c1-2-7-17-8-3-4-12-9-13-11(10-14(12)17)5-6-15(18)16(13)22-23(19,20)21/h5-6,12,14,18H,2-4,7-10H2,1H3,(H,19,20,21). The average molecular weight is 341 g/mol. The zero-order chi connectivity index (χ0) is 16.6. The van der Waals surface area contributed by atoms with Gasteiger partial charge in [0.2, 0.25) is 0 Å². The Kier molecular flexibility index (Phi) is 4.53. The predicted molar refractivity (Wildman–Crippen MR) is 86.1 cm³/mol. The maximum absolute atomic E-state index is 11.1. The number of hydrogen-bond acceptors (Lipinski definition) is 5. The lowest BCUT2D eigenvalue weighted by molar-refractivity contribution is 0.0850. The Hall–Kier alpha value is -1.31. The smallest absolute Gasteiger partial charge is 0.446 e. The van der Waals surface area contributed by atoms with Crippen molar-refractivity contribution in [3.05, 3.63) is 23.3 Å². The quantitative estimate of drug-likeness (QED) is 0.816. The van der Waals surface area contributed by atoms with E-state index >= 15 is 0 Å². The van der Waals surface area contributed by atoms with Crippen LogP contribution in [0.15, 0.2) is 12.1 Å². The SMILES string of the molecule is CCCN1CCCC2Cc3c(ccc(O)c3OS(=O)(=O)O)CC21. The van der Waals surface area contributed by atoms with Crippen molar-refractivity contribution < 1.29 is 22.3 Å². The summed E-state index contributed by atoms with van der Waals surface area (Å²) in [5.41, 5.74) is 1.70. The Balaban J connectivity index is 1.95. The fraction of sp³-hybridized carbons (Fsp3) is 0.625. The van der Waals surface area contributed by atoms with Crippen molar-refractivity contribution in [1.82, 2.24) is 4.90 Å². The summed E-state index contributed by atoms with van der Waals surface area (Å²) in [5.74, 6) is 0.0606. The van der Waals surface area contributed by atoms with Crippen molar-refractivity contribution in [3.8, 4) is 11.5 Å². The molecule has 2 atom stereocenters. The van der Waals surface area contributed by atoms with Crippen LogP contribution in [0.5, 0.6) is 11.5 Å². The van der Waals surface area contributed by atoms with Crippen LogP contribution in [0.2, 0.25) is 0 Å². The minimum absolute atomic E-state index is 0.115. The summed E-state index contributed by atoms with van der Waals surface area (Å²) in [6, 6.07) is 3.72. The number of nitrogens with zero attached hydrogens (tertiary/aromatic N) is 1. The number of likely N-dealkylation sites (tertiary alicyclic amines) is 1. The lowest BCUT2D eigenvalue weighted by Gasteiger charge is -2.44. The maximum atomic E-state index is 11.1. The van der Waals surface area contributed by atoms with Crippen LogP contribution in [0, 0.1) is 5.92 Å². The zero-order valence-electron chi connectivity index (χ0n) is 13.2. The Labute approximate surface area is 137 Å². The third kappa shape index (κ3) is 3.46. The minimum Gasteiger partial charge on any atom is -0.504 e. The normalized spacial score (nSPS) is 24.8. The largest absolute Gasteiger partial charge is 0.504 e. The molecular weight excluding hydrogens is 318 g/mol. The average Bonchev–Trinajstić information content (AvgIpc) is 2.48. The third-order valence-corrected chi connectivity index (χ3v) is 5.34. The second kappa shape index (κ2) is 6.30. The van der Waals surface area contributed by atoms with E-state index < -0.39 is 10.4 Å². The van der Waals surface area contributed by atoms with E-state index in [1.165, 1.54) is 6.07 Å². The lowest BCUT2D eigenvalue weighted by atomic mass is 9.75. The predicted octanol–water partition coefficient (Wildman–Crippen LogP) is 2.16. The fourth-order valence-electron chi connectivity index (χ4n) is 4.07. The number of fused-ring (bicyclic) bond motifs is 2. The van der Waals surface area contributed by atoms with Crippen LogP contribution in [0.3, 0.4) is 0 Å². The molecule has 1 heterocycles. The molecule has 0 radical (unpaired) electrons. The number of piperidine rings is 1. The van der Waals surface area contributed by atoms with Crippen LogP contribution in [0.4, 0.5) is 0 Å². The first kappa shape index (κ1) is 16.5. The minimum atomic E-state index is -4.65. The van der Waals surface area contributed by atoms with Gasteiger partial charge in [-0.1, -0.05) is 13.0 Å². The molecule has 0 spiro atoms. The molecule has 2 aliphatic rings. The highest BCUT2D eigenvalue weighted by atomic mass is 32.3. The molecule has 1 fully saturated rings. The third-order valence-electron chi connectivity index (χ3n) is 4.96. The van der Waals surface area contributed by atoms with E-state index in [0.717, 1.165) is 44.3 Å². The van der Waals surface area contributed by atoms with Crippen molar-refractivity contribution in [2.24, 2.45) is 5.92 Å². The summed E-state index contributed by atoms with van der Waals surface area (Å²) in [7, 11) is -4.65. The molecule has 1 aliphatic heterocycles.